The normalized spacial score (nSPS) is 13.8. The second kappa shape index (κ2) is 7.45. The first kappa shape index (κ1) is 18.6. The second-order valence-electron chi connectivity index (χ2n) is 7.56. The molecule has 0 unspecified atom stereocenters. The van der Waals surface area contributed by atoms with E-state index in [1.54, 1.807) is 0 Å². The third kappa shape index (κ3) is 2.75. The van der Waals surface area contributed by atoms with E-state index in [4.69, 9.17) is 4.74 Å². The predicted molar refractivity (Wildman–Crippen MR) is 117 cm³/mol. The Morgan fingerprint density at radius 1 is 0.567 bits per heavy atom. The summed E-state index contributed by atoms with van der Waals surface area (Å²) in [5, 5.41) is 19.5. The molecule has 0 saturated heterocycles. The fraction of sp³-hybridized carbons (Fsp3) is 0.111. The van der Waals surface area contributed by atoms with Crippen LogP contribution in [-0.4, -0.2) is 10.2 Å². The first-order chi connectivity index (χ1) is 14.8. The Morgan fingerprint density at radius 3 is 1.73 bits per heavy atom. The third-order valence-corrected chi connectivity index (χ3v) is 5.90. The molecule has 0 aliphatic carbocycles. The molecule has 3 nitrogen and oxygen atoms in total. The molecule has 30 heavy (non-hydrogen) atoms. The van der Waals surface area contributed by atoms with Crippen molar-refractivity contribution in [3.63, 3.8) is 0 Å². The molecule has 1 aliphatic heterocycles. The molecule has 1 aliphatic rings. The molecule has 0 amide bonds. The molecule has 5 rings (SSSR count). The summed E-state index contributed by atoms with van der Waals surface area (Å²) in [6.45, 7) is -0.0835. The van der Waals surface area contributed by atoms with Gasteiger partial charge in [-0.1, -0.05) is 78.9 Å². The number of aliphatic hydroxyl groups is 2. The van der Waals surface area contributed by atoms with Gasteiger partial charge in [0.05, 0.1) is 18.6 Å². The van der Waals surface area contributed by atoms with Crippen molar-refractivity contribution in [1.29, 1.82) is 0 Å². The Bertz CT molecular complexity index is 1140. The molecule has 148 valence electrons. The largest absolute Gasteiger partial charge is 0.457 e. The van der Waals surface area contributed by atoms with Gasteiger partial charge in [0.1, 0.15) is 11.5 Å². The summed E-state index contributed by atoms with van der Waals surface area (Å²) in [6.07, 6.45) is 0. The van der Waals surface area contributed by atoms with Crippen molar-refractivity contribution in [2.75, 3.05) is 0 Å². The topological polar surface area (TPSA) is 49.7 Å². The standard InChI is InChI=1S/C27H22O3/c28-17-19-12-14-25-24(15-19)27(21-7-3-1-4-8-21,22-9-5-2-6-10-22)23-13-11-20(18-29)16-26(23)30-25/h1-16,28-29H,17-18H2. The van der Waals surface area contributed by atoms with Gasteiger partial charge < -0.3 is 14.9 Å². The van der Waals surface area contributed by atoms with E-state index in [0.717, 1.165) is 44.9 Å². The smallest absolute Gasteiger partial charge is 0.132 e. The number of ether oxygens (including phenoxy) is 1. The molecule has 0 saturated carbocycles. The Morgan fingerprint density at radius 2 is 1.13 bits per heavy atom. The van der Waals surface area contributed by atoms with Crippen LogP contribution >= 0.6 is 0 Å². The lowest BCUT2D eigenvalue weighted by molar-refractivity contribution is 0.280. The lowest BCUT2D eigenvalue weighted by Gasteiger charge is -2.41. The van der Waals surface area contributed by atoms with E-state index in [9.17, 15) is 10.2 Å². The van der Waals surface area contributed by atoms with Crippen LogP contribution in [0, 0.1) is 0 Å². The van der Waals surface area contributed by atoms with Gasteiger partial charge in [0.15, 0.2) is 0 Å². The lowest BCUT2D eigenvalue weighted by Crippen LogP contribution is -2.34. The highest BCUT2D eigenvalue weighted by molar-refractivity contribution is 5.69. The molecule has 4 aromatic carbocycles. The Balaban J connectivity index is 1.94. The van der Waals surface area contributed by atoms with Gasteiger partial charge in [0.25, 0.3) is 0 Å². The molecule has 1 heterocycles. The highest BCUT2D eigenvalue weighted by Crippen LogP contribution is 2.55. The lowest BCUT2D eigenvalue weighted by atomic mass is 9.63. The van der Waals surface area contributed by atoms with Gasteiger partial charge >= 0.3 is 0 Å². The zero-order chi connectivity index (χ0) is 20.6. The van der Waals surface area contributed by atoms with Crippen LogP contribution in [0.2, 0.25) is 0 Å². The minimum absolute atomic E-state index is 0.0384. The molecule has 2 N–H and O–H groups in total. The Kier molecular flexibility index (Phi) is 4.62. The summed E-state index contributed by atoms with van der Waals surface area (Å²) < 4.78 is 6.32. The second-order valence-corrected chi connectivity index (χ2v) is 7.56. The van der Waals surface area contributed by atoms with E-state index in [0.29, 0.717) is 0 Å². The van der Waals surface area contributed by atoms with E-state index in [2.05, 4.69) is 30.3 Å². The fourth-order valence-corrected chi connectivity index (χ4v) is 4.55. The summed E-state index contributed by atoms with van der Waals surface area (Å²) >= 11 is 0. The van der Waals surface area contributed by atoms with Gasteiger partial charge in [-0.15, -0.1) is 0 Å². The zero-order valence-electron chi connectivity index (χ0n) is 16.5. The SMILES string of the molecule is OCc1ccc2c(c1)Oc1ccc(CO)cc1C2(c1ccccc1)c1ccccc1. The van der Waals surface area contributed by atoms with Crippen LogP contribution in [0.5, 0.6) is 11.5 Å². The molecule has 0 spiro atoms. The van der Waals surface area contributed by atoms with Crippen LogP contribution < -0.4 is 4.74 Å². The molecule has 0 atom stereocenters. The van der Waals surface area contributed by atoms with E-state index >= 15 is 0 Å². The first-order valence-electron chi connectivity index (χ1n) is 10.0. The molecule has 3 heteroatoms. The maximum atomic E-state index is 9.85. The molecule has 0 radical (unpaired) electrons. The Hall–Kier alpha value is -3.40. The number of benzene rings is 4. The third-order valence-electron chi connectivity index (χ3n) is 5.90. The number of hydrogen-bond donors (Lipinski definition) is 2. The highest BCUT2D eigenvalue weighted by atomic mass is 16.5. The molecule has 0 aromatic heterocycles. The summed E-state index contributed by atoms with van der Waals surface area (Å²) in [6, 6.07) is 32.5. The van der Waals surface area contributed by atoms with Crippen LogP contribution in [0.3, 0.4) is 0 Å². The number of fused-ring (bicyclic) bond motifs is 2. The van der Waals surface area contributed by atoms with Crippen molar-refractivity contribution in [3.05, 3.63) is 130 Å². The molecular weight excluding hydrogens is 372 g/mol. The fourth-order valence-electron chi connectivity index (χ4n) is 4.55. The van der Waals surface area contributed by atoms with Crippen LogP contribution in [0.25, 0.3) is 0 Å². The summed E-state index contributed by atoms with van der Waals surface area (Å²) in [7, 11) is 0. The molecule has 4 aromatic rings. The minimum atomic E-state index is -0.607. The van der Waals surface area contributed by atoms with Crippen molar-refractivity contribution in [1.82, 2.24) is 0 Å². The van der Waals surface area contributed by atoms with Gasteiger partial charge in [0, 0.05) is 11.1 Å². The average Bonchev–Trinajstić information content (AvgIpc) is 2.83. The van der Waals surface area contributed by atoms with Crippen molar-refractivity contribution in [2.24, 2.45) is 0 Å². The summed E-state index contributed by atoms with van der Waals surface area (Å²) in [5.41, 5.74) is 5.28. The van der Waals surface area contributed by atoms with E-state index in [1.807, 2.05) is 66.7 Å². The maximum Gasteiger partial charge on any atom is 0.132 e. The van der Waals surface area contributed by atoms with Gasteiger partial charge in [0.2, 0.25) is 0 Å². The number of rotatable bonds is 4. The zero-order valence-corrected chi connectivity index (χ0v) is 16.5. The van der Waals surface area contributed by atoms with Gasteiger partial charge in [-0.2, -0.15) is 0 Å². The van der Waals surface area contributed by atoms with Crippen molar-refractivity contribution < 1.29 is 14.9 Å². The van der Waals surface area contributed by atoms with Gasteiger partial charge in [-0.05, 0) is 40.5 Å². The molecule has 0 bridgehead atoms. The highest BCUT2D eigenvalue weighted by Gasteiger charge is 2.45. The minimum Gasteiger partial charge on any atom is -0.457 e. The van der Waals surface area contributed by atoms with Crippen LogP contribution in [0.1, 0.15) is 33.4 Å². The first-order valence-corrected chi connectivity index (χ1v) is 10.0. The van der Waals surface area contributed by atoms with Crippen molar-refractivity contribution >= 4 is 0 Å². The van der Waals surface area contributed by atoms with Crippen molar-refractivity contribution in [2.45, 2.75) is 18.6 Å². The maximum absolute atomic E-state index is 9.85. The predicted octanol–water partition coefficient (Wildman–Crippen LogP) is 5.16. The van der Waals surface area contributed by atoms with Gasteiger partial charge in [-0.25, -0.2) is 0 Å². The summed E-state index contributed by atoms with van der Waals surface area (Å²) in [4.78, 5) is 0. The molecular formula is C27H22O3. The van der Waals surface area contributed by atoms with E-state index < -0.39 is 5.41 Å². The average molecular weight is 394 g/mol. The van der Waals surface area contributed by atoms with Crippen LogP contribution in [0.4, 0.5) is 0 Å². The van der Waals surface area contributed by atoms with Gasteiger partial charge in [-0.3, -0.25) is 0 Å². The monoisotopic (exact) mass is 394 g/mol. The van der Waals surface area contributed by atoms with E-state index in [1.165, 1.54) is 0 Å². The Labute approximate surface area is 175 Å². The quantitative estimate of drug-likeness (QED) is 0.443. The van der Waals surface area contributed by atoms with E-state index in [-0.39, 0.29) is 13.2 Å². The van der Waals surface area contributed by atoms with Crippen LogP contribution in [0.15, 0.2) is 97.1 Å². The molecule has 0 fully saturated rings. The number of aliphatic hydroxyl groups excluding tert-OH is 2. The summed E-state index contributed by atoms with van der Waals surface area (Å²) in [5.74, 6) is 1.49. The van der Waals surface area contributed by atoms with Crippen LogP contribution in [-0.2, 0) is 18.6 Å². The number of hydrogen-bond acceptors (Lipinski definition) is 3. The van der Waals surface area contributed by atoms with Crippen molar-refractivity contribution in [3.8, 4) is 11.5 Å².